The van der Waals surface area contributed by atoms with Crippen LogP contribution >= 0.6 is 0 Å². The fourth-order valence-electron chi connectivity index (χ4n) is 4.28. The average Bonchev–Trinajstić information content (AvgIpc) is 3.51. The van der Waals surface area contributed by atoms with Gasteiger partial charge in [0, 0.05) is 13.1 Å². The Hall–Kier alpha value is -2.41. The maximum absolute atomic E-state index is 13.3. The smallest absolute Gasteiger partial charge is 0.250 e. The Labute approximate surface area is 171 Å². The summed E-state index contributed by atoms with van der Waals surface area (Å²) in [5.74, 6) is 0.391. The number of benzene rings is 1. The van der Waals surface area contributed by atoms with Gasteiger partial charge in [0.2, 0.25) is 17.7 Å². The van der Waals surface area contributed by atoms with E-state index in [0.717, 1.165) is 31.6 Å². The Morgan fingerprint density at radius 2 is 1.97 bits per heavy atom. The molecule has 4 rings (SSSR count). The maximum atomic E-state index is 13.3. The molecule has 1 atom stereocenters. The van der Waals surface area contributed by atoms with Crippen LogP contribution in [0, 0.1) is 11.8 Å². The zero-order valence-corrected chi connectivity index (χ0v) is 17.2. The second-order valence-electron chi connectivity index (χ2n) is 9.02. The van der Waals surface area contributed by atoms with Crippen LogP contribution in [0.4, 0.5) is 11.4 Å². The summed E-state index contributed by atoms with van der Waals surface area (Å²) < 4.78 is 0. The molecule has 2 fully saturated rings. The zero-order valence-electron chi connectivity index (χ0n) is 17.2. The third kappa shape index (κ3) is 4.15. The first-order valence-electron chi connectivity index (χ1n) is 10.6. The molecule has 1 aromatic carbocycles. The monoisotopic (exact) mass is 398 g/mol. The van der Waals surface area contributed by atoms with Gasteiger partial charge in [-0.3, -0.25) is 24.2 Å². The highest BCUT2D eigenvalue weighted by atomic mass is 16.2. The van der Waals surface area contributed by atoms with E-state index in [9.17, 15) is 14.4 Å². The van der Waals surface area contributed by atoms with E-state index in [0.29, 0.717) is 18.2 Å². The molecule has 1 aliphatic carbocycles. The summed E-state index contributed by atoms with van der Waals surface area (Å²) in [7, 11) is 0. The van der Waals surface area contributed by atoms with E-state index < -0.39 is 5.54 Å². The number of nitrogens with zero attached hydrogens (tertiary/aromatic N) is 2. The SMILES string of the molecule is CC1(C)C(=O)Nc2ccccc2N1C(=O)CN1CCCC(C(=O)NCC2CC2)C1. The summed E-state index contributed by atoms with van der Waals surface area (Å²) in [6.45, 7) is 5.89. The number of para-hydroxylation sites is 2. The third-order valence-corrected chi connectivity index (χ3v) is 6.25. The lowest BCUT2D eigenvalue weighted by atomic mass is 9.95. The van der Waals surface area contributed by atoms with Gasteiger partial charge in [0.1, 0.15) is 5.54 Å². The molecule has 1 unspecified atom stereocenters. The minimum atomic E-state index is -0.970. The first-order valence-corrected chi connectivity index (χ1v) is 10.6. The van der Waals surface area contributed by atoms with Gasteiger partial charge in [-0.1, -0.05) is 12.1 Å². The second-order valence-corrected chi connectivity index (χ2v) is 9.02. The largest absolute Gasteiger partial charge is 0.356 e. The Morgan fingerprint density at radius 3 is 2.72 bits per heavy atom. The van der Waals surface area contributed by atoms with Crippen LogP contribution in [0.5, 0.6) is 0 Å². The number of amides is 3. The zero-order chi connectivity index (χ0) is 20.6. The number of anilines is 2. The molecule has 0 aromatic heterocycles. The number of fused-ring (bicyclic) bond motifs is 1. The lowest BCUT2D eigenvalue weighted by Gasteiger charge is -2.43. The van der Waals surface area contributed by atoms with Crippen LogP contribution in [0.25, 0.3) is 0 Å². The van der Waals surface area contributed by atoms with Gasteiger partial charge in [-0.25, -0.2) is 0 Å². The summed E-state index contributed by atoms with van der Waals surface area (Å²) in [5, 5.41) is 5.96. The molecule has 29 heavy (non-hydrogen) atoms. The number of carbonyl (C=O) groups excluding carboxylic acids is 3. The van der Waals surface area contributed by atoms with E-state index in [4.69, 9.17) is 0 Å². The number of rotatable bonds is 5. The summed E-state index contributed by atoms with van der Waals surface area (Å²) in [6.07, 6.45) is 4.19. The van der Waals surface area contributed by atoms with Crippen LogP contribution in [0.1, 0.15) is 39.5 Å². The molecule has 2 N–H and O–H groups in total. The molecule has 1 saturated carbocycles. The van der Waals surface area contributed by atoms with Crippen molar-refractivity contribution >= 4 is 29.1 Å². The topological polar surface area (TPSA) is 81.8 Å². The fourth-order valence-corrected chi connectivity index (χ4v) is 4.28. The molecule has 7 nitrogen and oxygen atoms in total. The van der Waals surface area contributed by atoms with Crippen LogP contribution in [-0.2, 0) is 14.4 Å². The molecule has 1 aromatic rings. The Kier molecular flexibility index (Phi) is 5.34. The lowest BCUT2D eigenvalue weighted by Crippen LogP contribution is -2.60. The number of hydrogen-bond acceptors (Lipinski definition) is 4. The van der Waals surface area contributed by atoms with Crippen molar-refractivity contribution in [2.45, 2.75) is 45.1 Å². The van der Waals surface area contributed by atoms with Crippen LogP contribution < -0.4 is 15.5 Å². The molecule has 3 aliphatic rings. The van der Waals surface area contributed by atoms with E-state index >= 15 is 0 Å². The molecule has 3 amide bonds. The minimum absolute atomic E-state index is 0.0692. The van der Waals surface area contributed by atoms with Gasteiger partial charge in [0.05, 0.1) is 23.8 Å². The van der Waals surface area contributed by atoms with Crippen molar-refractivity contribution in [3.05, 3.63) is 24.3 Å². The van der Waals surface area contributed by atoms with Crippen molar-refractivity contribution in [1.29, 1.82) is 0 Å². The molecule has 156 valence electrons. The van der Waals surface area contributed by atoms with Crippen molar-refractivity contribution in [2.75, 3.05) is 36.4 Å². The Balaban J connectivity index is 1.44. The quantitative estimate of drug-likeness (QED) is 0.795. The van der Waals surface area contributed by atoms with Gasteiger partial charge >= 0.3 is 0 Å². The van der Waals surface area contributed by atoms with Crippen LogP contribution in [-0.4, -0.2) is 54.3 Å². The van der Waals surface area contributed by atoms with Crippen molar-refractivity contribution in [3.63, 3.8) is 0 Å². The summed E-state index contributed by atoms with van der Waals surface area (Å²) >= 11 is 0. The normalized spacial score (nSPS) is 23.9. The maximum Gasteiger partial charge on any atom is 0.250 e. The summed E-state index contributed by atoms with van der Waals surface area (Å²) in [6, 6.07) is 7.38. The van der Waals surface area contributed by atoms with Gasteiger partial charge in [-0.2, -0.15) is 0 Å². The van der Waals surface area contributed by atoms with Crippen LogP contribution in [0.3, 0.4) is 0 Å². The lowest BCUT2D eigenvalue weighted by molar-refractivity contribution is -0.129. The Bertz CT molecular complexity index is 818. The van der Waals surface area contributed by atoms with Crippen molar-refractivity contribution in [3.8, 4) is 0 Å². The van der Waals surface area contributed by atoms with Gasteiger partial charge in [-0.05, 0) is 64.1 Å². The highest BCUT2D eigenvalue weighted by molar-refractivity contribution is 6.14. The molecule has 0 spiro atoms. The van der Waals surface area contributed by atoms with E-state index in [1.807, 2.05) is 24.3 Å². The first-order chi connectivity index (χ1) is 13.9. The summed E-state index contributed by atoms with van der Waals surface area (Å²) in [5.41, 5.74) is 0.404. The van der Waals surface area contributed by atoms with Gasteiger partial charge in [-0.15, -0.1) is 0 Å². The fraction of sp³-hybridized carbons (Fsp3) is 0.591. The molecule has 7 heteroatoms. The highest BCUT2D eigenvalue weighted by Gasteiger charge is 2.44. The highest BCUT2D eigenvalue weighted by Crippen LogP contribution is 2.37. The van der Waals surface area contributed by atoms with E-state index in [1.165, 1.54) is 12.8 Å². The second kappa shape index (κ2) is 7.78. The molecule has 0 radical (unpaired) electrons. The first kappa shape index (κ1) is 19.9. The predicted molar refractivity (Wildman–Crippen MR) is 112 cm³/mol. The van der Waals surface area contributed by atoms with Crippen molar-refractivity contribution in [1.82, 2.24) is 10.2 Å². The molecule has 1 saturated heterocycles. The van der Waals surface area contributed by atoms with Gasteiger partial charge < -0.3 is 10.6 Å². The van der Waals surface area contributed by atoms with E-state index in [2.05, 4.69) is 15.5 Å². The van der Waals surface area contributed by atoms with Gasteiger partial charge in [0.25, 0.3) is 0 Å². The molecule has 2 aliphatic heterocycles. The van der Waals surface area contributed by atoms with Crippen molar-refractivity contribution < 1.29 is 14.4 Å². The molecular weight excluding hydrogens is 368 g/mol. The predicted octanol–water partition coefficient (Wildman–Crippen LogP) is 1.99. The molecular formula is C22H30N4O3. The standard InChI is InChI=1S/C22H30N4O3/c1-22(2)21(29)24-17-7-3-4-8-18(17)26(22)19(27)14-25-11-5-6-16(13-25)20(28)23-12-15-9-10-15/h3-4,7-8,15-16H,5-6,9-14H2,1-2H3,(H,23,28)(H,24,29). The third-order valence-electron chi connectivity index (χ3n) is 6.25. The number of nitrogens with one attached hydrogen (secondary N) is 2. The van der Waals surface area contributed by atoms with Crippen molar-refractivity contribution in [2.24, 2.45) is 11.8 Å². The molecule has 2 heterocycles. The van der Waals surface area contributed by atoms with E-state index in [-0.39, 0.29) is 30.2 Å². The Morgan fingerprint density at radius 1 is 1.21 bits per heavy atom. The number of hydrogen-bond donors (Lipinski definition) is 2. The average molecular weight is 399 g/mol. The van der Waals surface area contributed by atoms with Gasteiger partial charge in [0.15, 0.2) is 0 Å². The number of carbonyl (C=O) groups is 3. The van der Waals surface area contributed by atoms with E-state index in [1.54, 1.807) is 18.7 Å². The van der Waals surface area contributed by atoms with Crippen LogP contribution in [0.2, 0.25) is 0 Å². The number of piperidine rings is 1. The molecule has 0 bridgehead atoms. The minimum Gasteiger partial charge on any atom is -0.356 e. The number of likely N-dealkylation sites (tertiary alicyclic amines) is 1. The summed E-state index contributed by atoms with van der Waals surface area (Å²) in [4.78, 5) is 42.0. The van der Waals surface area contributed by atoms with Crippen LogP contribution in [0.15, 0.2) is 24.3 Å².